The van der Waals surface area contributed by atoms with Crippen LogP contribution >= 0.6 is 0 Å². The fourth-order valence-electron chi connectivity index (χ4n) is 3.40. The number of ether oxygens (including phenoxy) is 1. The van der Waals surface area contributed by atoms with Crippen molar-refractivity contribution in [3.05, 3.63) is 95.4 Å². The maximum atomic E-state index is 13.2. The topological polar surface area (TPSA) is 74.3 Å². The second-order valence-electron chi connectivity index (χ2n) is 6.67. The first-order valence-electron chi connectivity index (χ1n) is 9.40. The van der Waals surface area contributed by atoms with Crippen LogP contribution in [0.3, 0.4) is 0 Å². The number of methoxy groups -OCH3 is 1. The van der Waals surface area contributed by atoms with Crippen molar-refractivity contribution in [2.45, 2.75) is 0 Å². The molecular formula is C23H17N5O2. The summed E-state index contributed by atoms with van der Waals surface area (Å²) in [5.74, 6) is 0.692. The zero-order chi connectivity index (χ0) is 20.5. The Kier molecular flexibility index (Phi) is 4.33. The van der Waals surface area contributed by atoms with Gasteiger partial charge in [-0.25, -0.2) is 4.79 Å². The van der Waals surface area contributed by atoms with Gasteiger partial charge in [-0.3, -0.25) is 0 Å². The largest absolute Gasteiger partial charge is 0.497 e. The monoisotopic (exact) mass is 395 g/mol. The standard InChI is InChI=1S/C23H17N5O2/c1-30-19-14-12-18(13-15-19)27-23(29)28-22(24-26-27)20(16-8-4-2-5-9-16)21(25-28)17-10-6-3-7-11-17/h2-15H,1H3. The summed E-state index contributed by atoms with van der Waals surface area (Å²) in [6.07, 6.45) is 0. The van der Waals surface area contributed by atoms with Gasteiger partial charge in [-0.15, -0.1) is 5.10 Å². The van der Waals surface area contributed by atoms with Gasteiger partial charge >= 0.3 is 5.69 Å². The van der Waals surface area contributed by atoms with Gasteiger partial charge in [0.05, 0.1) is 18.4 Å². The second kappa shape index (κ2) is 7.29. The van der Waals surface area contributed by atoms with Crippen molar-refractivity contribution >= 4 is 5.65 Å². The van der Waals surface area contributed by atoms with Crippen LogP contribution in [0.15, 0.2) is 89.7 Å². The molecule has 146 valence electrons. The Morgan fingerprint density at radius 1 is 0.800 bits per heavy atom. The van der Waals surface area contributed by atoms with Gasteiger partial charge in [0.1, 0.15) is 11.4 Å². The molecule has 0 radical (unpaired) electrons. The van der Waals surface area contributed by atoms with Crippen LogP contribution in [0.4, 0.5) is 0 Å². The molecular weight excluding hydrogens is 378 g/mol. The summed E-state index contributed by atoms with van der Waals surface area (Å²) in [4.78, 5) is 13.2. The van der Waals surface area contributed by atoms with Crippen molar-refractivity contribution in [2.75, 3.05) is 7.11 Å². The molecule has 0 aliphatic carbocycles. The Morgan fingerprint density at radius 3 is 2.07 bits per heavy atom. The third-order valence-corrected chi connectivity index (χ3v) is 4.88. The minimum atomic E-state index is -0.399. The first-order valence-corrected chi connectivity index (χ1v) is 9.40. The number of rotatable bonds is 4. The van der Waals surface area contributed by atoms with E-state index >= 15 is 0 Å². The predicted octanol–water partition coefficient (Wildman–Crippen LogP) is 3.62. The van der Waals surface area contributed by atoms with Crippen molar-refractivity contribution in [3.63, 3.8) is 0 Å². The quantitative estimate of drug-likeness (QED) is 0.465. The molecule has 3 aromatic carbocycles. The molecule has 5 rings (SSSR count). The van der Waals surface area contributed by atoms with Crippen molar-refractivity contribution in [2.24, 2.45) is 0 Å². The molecule has 0 fully saturated rings. The summed E-state index contributed by atoms with van der Waals surface area (Å²) in [5, 5.41) is 13.2. The molecule has 30 heavy (non-hydrogen) atoms. The zero-order valence-electron chi connectivity index (χ0n) is 16.1. The highest BCUT2D eigenvalue weighted by atomic mass is 16.5. The Morgan fingerprint density at radius 2 is 1.43 bits per heavy atom. The molecule has 0 N–H and O–H groups in total. The van der Waals surface area contributed by atoms with Crippen LogP contribution in [-0.4, -0.2) is 31.7 Å². The van der Waals surface area contributed by atoms with E-state index in [0.29, 0.717) is 22.8 Å². The van der Waals surface area contributed by atoms with Gasteiger partial charge in [0, 0.05) is 5.56 Å². The number of aromatic nitrogens is 5. The average molecular weight is 395 g/mol. The van der Waals surface area contributed by atoms with Crippen LogP contribution in [0.5, 0.6) is 5.75 Å². The SMILES string of the molecule is COc1ccc(-n2nnc3c(-c4ccccc4)c(-c4ccccc4)nn3c2=O)cc1. The lowest BCUT2D eigenvalue weighted by Gasteiger charge is -2.05. The van der Waals surface area contributed by atoms with Gasteiger partial charge in [0.25, 0.3) is 0 Å². The fourth-order valence-corrected chi connectivity index (χ4v) is 3.40. The first kappa shape index (κ1) is 17.8. The molecule has 5 aromatic rings. The van der Waals surface area contributed by atoms with Crippen molar-refractivity contribution in [1.29, 1.82) is 0 Å². The average Bonchev–Trinajstić information content (AvgIpc) is 3.21. The van der Waals surface area contributed by atoms with Crippen LogP contribution in [-0.2, 0) is 0 Å². The summed E-state index contributed by atoms with van der Waals surface area (Å²) < 4.78 is 7.71. The molecule has 7 nitrogen and oxygen atoms in total. The molecule has 7 heteroatoms. The second-order valence-corrected chi connectivity index (χ2v) is 6.67. The number of hydrogen-bond acceptors (Lipinski definition) is 5. The highest BCUT2D eigenvalue weighted by molar-refractivity contribution is 5.90. The molecule has 0 bridgehead atoms. The van der Waals surface area contributed by atoms with Gasteiger partial charge in [0.2, 0.25) is 0 Å². The van der Waals surface area contributed by atoms with Crippen LogP contribution in [0.1, 0.15) is 0 Å². The van der Waals surface area contributed by atoms with Gasteiger partial charge < -0.3 is 4.74 Å². The number of nitrogens with zero attached hydrogens (tertiary/aromatic N) is 5. The van der Waals surface area contributed by atoms with E-state index in [-0.39, 0.29) is 0 Å². The van der Waals surface area contributed by atoms with Gasteiger partial charge in [-0.1, -0.05) is 65.9 Å². The first-order chi connectivity index (χ1) is 14.8. The summed E-state index contributed by atoms with van der Waals surface area (Å²) in [7, 11) is 1.59. The molecule has 2 heterocycles. The third kappa shape index (κ3) is 2.93. The lowest BCUT2D eigenvalue weighted by Crippen LogP contribution is -2.29. The van der Waals surface area contributed by atoms with Crippen LogP contribution in [0.25, 0.3) is 33.7 Å². The molecule has 0 saturated heterocycles. The lowest BCUT2D eigenvalue weighted by molar-refractivity contribution is 0.414. The van der Waals surface area contributed by atoms with Gasteiger partial charge in [-0.2, -0.15) is 14.3 Å². The van der Waals surface area contributed by atoms with E-state index in [0.717, 1.165) is 16.7 Å². The van der Waals surface area contributed by atoms with Crippen LogP contribution in [0.2, 0.25) is 0 Å². The third-order valence-electron chi connectivity index (χ3n) is 4.88. The molecule has 0 spiro atoms. The molecule has 0 amide bonds. The van der Waals surface area contributed by atoms with E-state index in [1.54, 1.807) is 31.4 Å². The highest BCUT2D eigenvalue weighted by Crippen LogP contribution is 2.33. The fraction of sp³-hybridized carbons (Fsp3) is 0.0435. The number of hydrogen-bond donors (Lipinski definition) is 0. The van der Waals surface area contributed by atoms with E-state index in [4.69, 9.17) is 4.74 Å². The van der Waals surface area contributed by atoms with E-state index in [2.05, 4.69) is 15.4 Å². The Balaban J connectivity index is 1.77. The summed E-state index contributed by atoms with van der Waals surface area (Å²) >= 11 is 0. The molecule has 0 aliphatic rings. The van der Waals surface area contributed by atoms with Crippen molar-refractivity contribution in [3.8, 4) is 33.8 Å². The van der Waals surface area contributed by atoms with Crippen LogP contribution in [0, 0.1) is 0 Å². The highest BCUT2D eigenvalue weighted by Gasteiger charge is 2.20. The zero-order valence-corrected chi connectivity index (χ0v) is 16.1. The molecule has 0 saturated carbocycles. The molecule has 0 atom stereocenters. The Labute approximate surface area is 171 Å². The number of benzene rings is 3. The minimum absolute atomic E-state index is 0.399. The minimum Gasteiger partial charge on any atom is -0.497 e. The maximum absolute atomic E-state index is 13.2. The normalized spacial score (nSPS) is 11.0. The maximum Gasteiger partial charge on any atom is 0.373 e. The molecule has 0 unspecified atom stereocenters. The summed E-state index contributed by atoms with van der Waals surface area (Å²) in [5.41, 5.74) is 3.86. The lowest BCUT2D eigenvalue weighted by atomic mass is 10.0. The Bertz CT molecular complexity index is 1370. The summed E-state index contributed by atoms with van der Waals surface area (Å²) in [6, 6.07) is 26.6. The Hall–Kier alpha value is -4.26. The van der Waals surface area contributed by atoms with Gasteiger partial charge in [0.15, 0.2) is 5.65 Å². The van der Waals surface area contributed by atoms with E-state index in [1.165, 1.54) is 9.20 Å². The molecule has 0 aliphatic heterocycles. The van der Waals surface area contributed by atoms with E-state index in [9.17, 15) is 4.79 Å². The predicted molar refractivity (Wildman–Crippen MR) is 114 cm³/mol. The van der Waals surface area contributed by atoms with Crippen molar-refractivity contribution in [1.82, 2.24) is 24.6 Å². The van der Waals surface area contributed by atoms with E-state index < -0.39 is 5.69 Å². The molecule has 2 aromatic heterocycles. The van der Waals surface area contributed by atoms with Crippen molar-refractivity contribution < 1.29 is 4.74 Å². The van der Waals surface area contributed by atoms with Crippen LogP contribution < -0.4 is 10.4 Å². The number of fused-ring (bicyclic) bond motifs is 1. The van der Waals surface area contributed by atoms with Gasteiger partial charge in [-0.05, 0) is 29.8 Å². The van der Waals surface area contributed by atoms with E-state index in [1.807, 2.05) is 60.7 Å². The smallest absolute Gasteiger partial charge is 0.373 e. The summed E-state index contributed by atoms with van der Waals surface area (Å²) in [6.45, 7) is 0.